The number of ether oxygens (including phenoxy) is 2. The predicted molar refractivity (Wildman–Crippen MR) is 170 cm³/mol. The van der Waals surface area contributed by atoms with Gasteiger partial charge in [-0.25, -0.2) is 9.59 Å². The van der Waals surface area contributed by atoms with E-state index < -0.39 is 47.1 Å². The van der Waals surface area contributed by atoms with E-state index in [1.807, 2.05) is 60.7 Å². The summed E-state index contributed by atoms with van der Waals surface area (Å²) in [5.74, 6) is -0.388. The van der Waals surface area contributed by atoms with Crippen molar-refractivity contribution in [3.63, 3.8) is 0 Å². The third kappa shape index (κ3) is 6.30. The van der Waals surface area contributed by atoms with Gasteiger partial charge in [0.25, 0.3) is 5.91 Å². The van der Waals surface area contributed by atoms with Crippen LogP contribution in [-0.2, 0) is 23.9 Å². The summed E-state index contributed by atoms with van der Waals surface area (Å²) < 4.78 is 16.7. The molecule has 11 nitrogen and oxygen atoms in total. The van der Waals surface area contributed by atoms with Crippen LogP contribution in [0.4, 0.5) is 10.6 Å². The molecule has 6 rings (SSSR count). The molecule has 238 valence electrons. The van der Waals surface area contributed by atoms with Gasteiger partial charge in [-0.3, -0.25) is 14.5 Å². The Kier molecular flexibility index (Phi) is 8.47. The van der Waals surface area contributed by atoms with Crippen LogP contribution in [0, 0.1) is 6.92 Å². The molecular weight excluding hydrogens is 608 g/mol. The second-order valence-corrected chi connectivity index (χ2v) is 13.2. The fourth-order valence-corrected chi connectivity index (χ4v) is 6.81. The number of nitrogens with zero attached hydrogens (tertiary/aromatic N) is 3. The average Bonchev–Trinajstić information content (AvgIpc) is 3.62. The maximum absolute atomic E-state index is 14.2. The number of thioether (sulfide) groups is 1. The van der Waals surface area contributed by atoms with Gasteiger partial charge in [0.15, 0.2) is 18.0 Å². The number of fused-ring (bicyclic) bond motifs is 1. The van der Waals surface area contributed by atoms with Crippen LogP contribution in [0.25, 0.3) is 0 Å². The highest BCUT2D eigenvalue weighted by Crippen LogP contribution is 2.42. The maximum atomic E-state index is 14.2. The molecule has 3 aliphatic rings. The lowest BCUT2D eigenvalue weighted by Gasteiger charge is -2.51. The molecule has 2 fully saturated rings. The minimum Gasteiger partial charge on any atom is -0.451 e. The number of hydrogen-bond acceptors (Lipinski definition) is 9. The molecule has 0 aliphatic carbocycles. The fraction of sp³-hybridized carbons (Fsp3) is 0.324. The van der Waals surface area contributed by atoms with Gasteiger partial charge < -0.3 is 24.2 Å². The normalized spacial score (nSPS) is 22.0. The second-order valence-electron chi connectivity index (χ2n) is 12.2. The van der Waals surface area contributed by atoms with Crippen LogP contribution in [0.1, 0.15) is 50.2 Å². The van der Waals surface area contributed by atoms with E-state index in [2.05, 4.69) is 10.5 Å². The first-order chi connectivity index (χ1) is 22.0. The SMILES string of the molecule is Cc1cc(N2CC/C(=C\C3=CS[C@@H]4[C@H](NC(=O)OC(C)(C)C)C(=O)N4[C@H]3C(=O)OC(c3ccccc3)c3ccccc3)C2=O)no1. The molecule has 1 N–H and O–H groups in total. The first-order valence-electron chi connectivity index (χ1n) is 14.9. The average molecular weight is 643 g/mol. The number of aromatic nitrogens is 1. The van der Waals surface area contributed by atoms with E-state index in [1.54, 1.807) is 45.2 Å². The van der Waals surface area contributed by atoms with Gasteiger partial charge in [-0.15, -0.1) is 11.8 Å². The van der Waals surface area contributed by atoms with E-state index in [-0.39, 0.29) is 5.91 Å². The number of nitrogens with one attached hydrogen (secondary N) is 1. The molecule has 1 aromatic heterocycles. The number of esters is 1. The smallest absolute Gasteiger partial charge is 0.408 e. The van der Waals surface area contributed by atoms with Gasteiger partial charge in [-0.1, -0.05) is 65.8 Å². The van der Waals surface area contributed by atoms with E-state index in [9.17, 15) is 19.2 Å². The zero-order valence-corrected chi connectivity index (χ0v) is 26.7. The largest absolute Gasteiger partial charge is 0.451 e. The lowest BCUT2D eigenvalue weighted by molar-refractivity contribution is -0.164. The zero-order valence-electron chi connectivity index (χ0n) is 25.8. The Hall–Kier alpha value is -4.84. The highest BCUT2D eigenvalue weighted by Gasteiger charge is 2.56. The summed E-state index contributed by atoms with van der Waals surface area (Å²) in [7, 11) is 0. The monoisotopic (exact) mass is 642 g/mol. The molecule has 46 heavy (non-hydrogen) atoms. The van der Waals surface area contributed by atoms with Crippen molar-refractivity contribution in [2.75, 3.05) is 11.4 Å². The number of anilines is 1. The van der Waals surface area contributed by atoms with Crippen LogP contribution in [-0.4, -0.2) is 63.5 Å². The van der Waals surface area contributed by atoms with Crippen molar-refractivity contribution in [3.8, 4) is 0 Å². The molecule has 2 saturated heterocycles. The molecule has 3 amide bonds. The van der Waals surface area contributed by atoms with Crippen molar-refractivity contribution in [2.45, 2.75) is 63.3 Å². The third-order valence-electron chi connectivity index (χ3n) is 7.71. The number of benzene rings is 2. The summed E-state index contributed by atoms with van der Waals surface area (Å²) in [6.45, 7) is 7.34. The summed E-state index contributed by atoms with van der Waals surface area (Å²) >= 11 is 1.28. The minimum absolute atomic E-state index is 0.265. The van der Waals surface area contributed by atoms with E-state index in [1.165, 1.54) is 21.6 Å². The number of amides is 3. The van der Waals surface area contributed by atoms with Gasteiger partial charge in [0.2, 0.25) is 5.91 Å². The van der Waals surface area contributed by atoms with E-state index in [0.29, 0.717) is 35.7 Å². The highest BCUT2D eigenvalue weighted by molar-refractivity contribution is 8.03. The van der Waals surface area contributed by atoms with Gasteiger partial charge in [0.1, 0.15) is 22.8 Å². The molecule has 0 saturated carbocycles. The minimum atomic E-state index is -1.16. The standard InChI is InChI=1S/C34H34N4O7S/c1-20-17-25(36-45-20)37-16-15-23(29(37)39)18-24-19-46-31-26(35-33(42)44-34(2,3)4)30(40)38(31)27(24)32(41)43-28(21-11-7-5-8-12-21)22-13-9-6-10-14-22/h5-14,17-19,26-28,31H,15-16H2,1-4H3,(H,35,42)/b23-18+/t26-,27-,31-/m1/s1. The molecule has 2 aromatic carbocycles. The van der Waals surface area contributed by atoms with Crippen molar-refractivity contribution in [3.05, 3.63) is 106 Å². The molecule has 0 spiro atoms. The topological polar surface area (TPSA) is 131 Å². The Morgan fingerprint density at radius 2 is 1.72 bits per heavy atom. The molecule has 3 atom stereocenters. The quantitative estimate of drug-likeness (QED) is 0.214. The number of aryl methyl sites for hydroxylation is 1. The van der Waals surface area contributed by atoms with Crippen molar-refractivity contribution in [2.24, 2.45) is 0 Å². The van der Waals surface area contributed by atoms with Crippen molar-refractivity contribution >= 4 is 41.5 Å². The lowest BCUT2D eigenvalue weighted by Crippen LogP contribution is -2.74. The first kappa shape index (κ1) is 31.2. The second kappa shape index (κ2) is 12.5. The Labute approximate surface area is 270 Å². The van der Waals surface area contributed by atoms with Crippen molar-refractivity contribution in [1.82, 2.24) is 15.4 Å². The number of carbonyl (C=O) groups is 4. The Bertz CT molecular complexity index is 1670. The summed E-state index contributed by atoms with van der Waals surface area (Å²) in [6.07, 6.45) is 0.593. The van der Waals surface area contributed by atoms with Gasteiger partial charge in [-0.05, 0) is 62.3 Å². The molecule has 0 bridgehead atoms. The number of rotatable bonds is 7. The van der Waals surface area contributed by atoms with Gasteiger partial charge >= 0.3 is 12.1 Å². The number of carbonyl (C=O) groups excluding carboxylic acids is 4. The van der Waals surface area contributed by atoms with Gasteiger partial charge in [0.05, 0.1) is 0 Å². The molecule has 3 aliphatic heterocycles. The molecule has 4 heterocycles. The summed E-state index contributed by atoms with van der Waals surface area (Å²) in [5.41, 5.74) is 1.67. The molecule has 0 radical (unpaired) electrons. The zero-order chi connectivity index (χ0) is 32.6. The van der Waals surface area contributed by atoms with E-state index >= 15 is 0 Å². The van der Waals surface area contributed by atoms with E-state index in [4.69, 9.17) is 14.0 Å². The summed E-state index contributed by atoms with van der Waals surface area (Å²) in [6, 6.07) is 18.3. The Morgan fingerprint density at radius 1 is 1.07 bits per heavy atom. The molecule has 0 unspecified atom stereocenters. The van der Waals surface area contributed by atoms with Gasteiger partial charge in [0, 0.05) is 18.2 Å². The van der Waals surface area contributed by atoms with Gasteiger partial charge in [-0.2, -0.15) is 0 Å². The van der Waals surface area contributed by atoms with Crippen LogP contribution < -0.4 is 10.2 Å². The van der Waals surface area contributed by atoms with Crippen molar-refractivity contribution in [1.29, 1.82) is 0 Å². The van der Waals surface area contributed by atoms with Crippen LogP contribution >= 0.6 is 11.8 Å². The van der Waals surface area contributed by atoms with Crippen molar-refractivity contribution < 1.29 is 33.2 Å². The first-order valence-corrected chi connectivity index (χ1v) is 15.9. The number of β-lactam (4-membered cyclic amide) rings is 1. The molecular formula is C34H34N4O7S. The Balaban J connectivity index is 1.31. The highest BCUT2D eigenvalue weighted by atomic mass is 32.2. The maximum Gasteiger partial charge on any atom is 0.408 e. The third-order valence-corrected chi connectivity index (χ3v) is 8.90. The Morgan fingerprint density at radius 3 is 2.30 bits per heavy atom. The lowest BCUT2D eigenvalue weighted by atomic mass is 9.95. The van der Waals surface area contributed by atoms with E-state index in [0.717, 1.165) is 11.1 Å². The molecule has 3 aromatic rings. The summed E-state index contributed by atoms with van der Waals surface area (Å²) in [4.78, 5) is 56.7. The molecule has 12 heteroatoms. The number of hydrogen-bond donors (Lipinski definition) is 1. The summed E-state index contributed by atoms with van der Waals surface area (Å²) in [5, 5.41) is 7.79. The van der Waals surface area contributed by atoms with Crippen LogP contribution in [0.2, 0.25) is 0 Å². The fourth-order valence-electron chi connectivity index (χ4n) is 5.62. The van der Waals surface area contributed by atoms with Crippen LogP contribution in [0.3, 0.4) is 0 Å². The number of alkyl carbamates (subject to hydrolysis) is 1. The van der Waals surface area contributed by atoms with Crippen LogP contribution in [0.5, 0.6) is 0 Å². The predicted octanol–water partition coefficient (Wildman–Crippen LogP) is 5.04. The van der Waals surface area contributed by atoms with Crippen LogP contribution in [0.15, 0.2) is 93.9 Å².